The quantitative estimate of drug-likeness (QED) is 0.0610. The second-order valence-electron chi connectivity index (χ2n) is 22.4. The van der Waals surface area contributed by atoms with Gasteiger partial charge in [0.15, 0.2) is 17.2 Å². The third-order valence-corrected chi connectivity index (χ3v) is 17.8. The molecule has 6 aromatic rings. The van der Waals surface area contributed by atoms with E-state index in [0.717, 1.165) is 87.8 Å². The van der Waals surface area contributed by atoms with Crippen molar-refractivity contribution in [1.82, 2.24) is 24.5 Å². The highest BCUT2D eigenvalue weighted by molar-refractivity contribution is 7.90. The number of rotatable bonds is 16. The molecule has 3 N–H and O–H groups in total. The Hall–Kier alpha value is -7.00. The van der Waals surface area contributed by atoms with Crippen molar-refractivity contribution in [2.45, 2.75) is 107 Å². The van der Waals surface area contributed by atoms with E-state index in [-0.39, 0.29) is 72.6 Å². The lowest BCUT2D eigenvalue weighted by molar-refractivity contribution is -0.384. The van der Waals surface area contributed by atoms with E-state index in [0.29, 0.717) is 23.4 Å². The molecular weight excluding hydrogens is 1020 g/mol. The Morgan fingerprint density at radius 1 is 0.936 bits per heavy atom. The second kappa shape index (κ2) is 21.0. The predicted octanol–water partition coefficient (Wildman–Crippen LogP) is 10.3. The van der Waals surface area contributed by atoms with Crippen molar-refractivity contribution >= 4 is 44.0 Å². The number of aromatic nitrogens is 2. The molecule has 0 unspecified atom stereocenters. The van der Waals surface area contributed by atoms with Gasteiger partial charge in [-0.3, -0.25) is 24.7 Å². The lowest BCUT2D eigenvalue weighted by Gasteiger charge is -2.58. The summed E-state index contributed by atoms with van der Waals surface area (Å²) in [6.45, 7) is 12.9. The summed E-state index contributed by atoms with van der Waals surface area (Å²) >= 11 is 0. The SMILES string of the molecule is COc1ccc(CN2CCN(C3CC4(CCN(c5ccc(C(=O)NS(=O)(=O)c6cc([N+](=O)[O-])c(NCC7(F)CCOCC7)c7c6OC(C)(C)O7)c(Oc6cnc7[nH]ccc7c6)c5)CC4)C3)[C@H](c3ccccc3C(C)C)C2)cc1. The number of H-pyrrole nitrogens is 1. The molecule has 1 amide bonds. The van der Waals surface area contributed by atoms with Crippen molar-refractivity contribution in [2.24, 2.45) is 5.41 Å². The molecule has 11 rings (SSSR count). The normalized spacial score (nSPS) is 20.1. The number of methoxy groups -OCH3 is 1. The van der Waals surface area contributed by atoms with Gasteiger partial charge in [0.05, 0.1) is 23.8 Å². The van der Waals surface area contributed by atoms with Crippen LogP contribution in [-0.2, 0) is 21.3 Å². The summed E-state index contributed by atoms with van der Waals surface area (Å²) in [5.74, 6) is -1.56. The zero-order valence-corrected chi connectivity index (χ0v) is 45.5. The van der Waals surface area contributed by atoms with Crippen LogP contribution < -0.4 is 33.9 Å². The highest BCUT2D eigenvalue weighted by Gasteiger charge is 2.50. The van der Waals surface area contributed by atoms with E-state index in [2.05, 4.69) is 85.0 Å². The van der Waals surface area contributed by atoms with Gasteiger partial charge in [-0.2, -0.15) is 0 Å². The van der Waals surface area contributed by atoms with Gasteiger partial charge in [-0.25, -0.2) is 22.5 Å². The Morgan fingerprint density at radius 2 is 1.68 bits per heavy atom. The number of nitro benzene ring substituents is 1. The number of pyridine rings is 1. The number of carbonyl (C=O) groups excluding carboxylic acids is 1. The Bertz CT molecular complexity index is 3330. The molecule has 2 aromatic heterocycles. The van der Waals surface area contributed by atoms with E-state index in [9.17, 15) is 23.3 Å². The zero-order valence-electron chi connectivity index (χ0n) is 44.7. The number of halogens is 1. The van der Waals surface area contributed by atoms with Crippen LogP contribution in [0.5, 0.6) is 28.7 Å². The summed E-state index contributed by atoms with van der Waals surface area (Å²) in [6, 6.07) is 27.5. The van der Waals surface area contributed by atoms with Crippen molar-refractivity contribution in [2.75, 3.05) is 69.8 Å². The number of anilines is 2. The molecule has 3 saturated heterocycles. The molecule has 6 heterocycles. The fourth-order valence-corrected chi connectivity index (χ4v) is 13.3. The van der Waals surface area contributed by atoms with E-state index in [1.165, 1.54) is 42.8 Å². The fraction of sp³-hybridized carbons (Fsp3) is 0.448. The number of fused-ring (bicyclic) bond motifs is 2. The largest absolute Gasteiger partial charge is 0.497 e. The number of alkyl halides is 1. The van der Waals surface area contributed by atoms with Crippen LogP contribution in [-0.4, -0.2) is 116 Å². The van der Waals surface area contributed by atoms with Crippen LogP contribution in [0.3, 0.4) is 0 Å². The van der Waals surface area contributed by atoms with Crippen LogP contribution in [0.2, 0.25) is 0 Å². The maximum atomic E-state index is 15.7. The van der Waals surface area contributed by atoms with Gasteiger partial charge < -0.3 is 38.9 Å². The first kappa shape index (κ1) is 53.0. The molecule has 1 saturated carbocycles. The minimum atomic E-state index is -4.93. The van der Waals surface area contributed by atoms with Crippen molar-refractivity contribution in [1.29, 1.82) is 0 Å². The molecule has 20 heteroatoms. The van der Waals surface area contributed by atoms with Crippen LogP contribution in [0.25, 0.3) is 11.0 Å². The Kier molecular flexibility index (Phi) is 14.3. The van der Waals surface area contributed by atoms with Crippen molar-refractivity contribution in [3.63, 3.8) is 0 Å². The molecule has 4 aromatic carbocycles. The number of carbonyl (C=O) groups is 1. The zero-order chi connectivity index (χ0) is 54.6. The van der Waals surface area contributed by atoms with Gasteiger partial charge in [0.25, 0.3) is 21.6 Å². The average molecular weight is 1090 g/mol. The van der Waals surface area contributed by atoms with Gasteiger partial charge >= 0.3 is 0 Å². The molecule has 18 nitrogen and oxygen atoms in total. The molecule has 5 aliphatic rings. The minimum Gasteiger partial charge on any atom is -0.497 e. The molecule has 1 spiro atoms. The number of benzene rings is 4. The number of aromatic amines is 1. The van der Waals surface area contributed by atoms with Gasteiger partial charge in [-0.05, 0) is 90.1 Å². The molecule has 0 bridgehead atoms. The standard InChI is InChI=1S/C58H67FN8O10S/c1-37(2)44-8-6-7-9-45(44)48-35-64(34-38-10-13-42(73-5)14-11-38)24-25-66(48)41-31-57(32-41)17-22-65(23-18-57)40-12-15-46(49(29-40)75-43-28-39-16-21-60-54(39)61-33-43)55(68)63-78(71,72)50-30-47(67(69)70)51(53-52(50)76-56(3,4)77-53)62-36-58(59)19-26-74-27-20-58/h6-16,21,28-30,33,37,41,48,62H,17-20,22-27,31-32,34-36H2,1-5H3,(H,60,61)(H,63,68)/t48-/m0/s1. The van der Waals surface area contributed by atoms with E-state index in [4.69, 9.17) is 23.7 Å². The first-order chi connectivity index (χ1) is 37.4. The van der Waals surface area contributed by atoms with Crippen molar-refractivity contribution in [3.05, 3.63) is 130 Å². The summed E-state index contributed by atoms with van der Waals surface area (Å²) in [6.07, 6.45) is 7.57. The molecular formula is C58H67FN8O10S. The maximum Gasteiger partial charge on any atom is 0.297 e. The van der Waals surface area contributed by atoms with Crippen LogP contribution in [0.1, 0.15) is 105 Å². The summed E-state index contributed by atoms with van der Waals surface area (Å²) in [5.41, 5.74) is 2.90. The molecule has 412 valence electrons. The first-order valence-corrected chi connectivity index (χ1v) is 28.4. The summed E-state index contributed by atoms with van der Waals surface area (Å²) in [5, 5.41) is 16.2. The number of nitrogens with zero attached hydrogens (tertiary/aromatic N) is 5. The second-order valence-corrected chi connectivity index (χ2v) is 24.0. The fourth-order valence-electron chi connectivity index (χ4n) is 12.2. The smallest absolute Gasteiger partial charge is 0.297 e. The summed E-state index contributed by atoms with van der Waals surface area (Å²) in [4.78, 5) is 40.7. The van der Waals surface area contributed by atoms with Gasteiger partial charge in [0, 0.05) is 127 Å². The van der Waals surface area contributed by atoms with Crippen LogP contribution in [0.4, 0.5) is 21.5 Å². The van der Waals surface area contributed by atoms with E-state index >= 15 is 4.39 Å². The lowest BCUT2D eigenvalue weighted by atomic mass is 9.59. The van der Waals surface area contributed by atoms with Gasteiger partial charge in [-0.15, -0.1) is 0 Å². The number of piperazine rings is 1. The number of piperidine rings is 1. The summed E-state index contributed by atoms with van der Waals surface area (Å²) < 4.78 is 75.8. The highest BCUT2D eigenvalue weighted by atomic mass is 32.2. The minimum absolute atomic E-state index is 0.0582. The Labute approximate surface area is 453 Å². The van der Waals surface area contributed by atoms with E-state index < -0.39 is 42.9 Å². The highest BCUT2D eigenvalue weighted by Crippen LogP contribution is 2.55. The first-order valence-electron chi connectivity index (χ1n) is 26.9. The Balaban J connectivity index is 0.818. The van der Waals surface area contributed by atoms with Gasteiger partial charge in [0.2, 0.25) is 5.79 Å². The maximum absolute atomic E-state index is 15.7. The predicted molar refractivity (Wildman–Crippen MR) is 293 cm³/mol. The van der Waals surface area contributed by atoms with Crippen LogP contribution >= 0.6 is 0 Å². The number of sulfonamides is 1. The topological polar surface area (TPSA) is 203 Å². The van der Waals surface area contributed by atoms with Crippen LogP contribution in [0, 0.1) is 15.5 Å². The number of hydrogen-bond acceptors (Lipinski definition) is 15. The number of ether oxygens (including phenoxy) is 5. The summed E-state index contributed by atoms with van der Waals surface area (Å²) in [7, 11) is -3.24. The monoisotopic (exact) mass is 1090 g/mol. The average Bonchev–Trinajstić information content (AvgIpc) is 4.19. The molecule has 4 aliphatic heterocycles. The molecule has 4 fully saturated rings. The third-order valence-electron chi connectivity index (χ3n) is 16.4. The van der Waals surface area contributed by atoms with Crippen molar-refractivity contribution in [3.8, 4) is 28.7 Å². The molecule has 1 atom stereocenters. The van der Waals surface area contributed by atoms with Gasteiger partial charge in [-0.1, -0.05) is 50.2 Å². The lowest BCUT2D eigenvalue weighted by Crippen LogP contribution is -2.60. The van der Waals surface area contributed by atoms with Crippen LogP contribution in [0.15, 0.2) is 102 Å². The Morgan fingerprint density at radius 3 is 2.41 bits per heavy atom. The number of hydrogen-bond donors (Lipinski definition) is 3. The third kappa shape index (κ3) is 10.8. The molecule has 78 heavy (non-hydrogen) atoms. The van der Waals surface area contributed by atoms with E-state index in [1.54, 1.807) is 31.5 Å². The van der Waals surface area contributed by atoms with E-state index in [1.807, 2.05) is 18.2 Å². The van der Waals surface area contributed by atoms with Crippen molar-refractivity contribution < 1.29 is 46.2 Å². The number of nitrogens with one attached hydrogen (secondary N) is 3. The molecule has 0 radical (unpaired) electrons. The number of nitro groups is 1. The number of amides is 1. The molecule has 1 aliphatic carbocycles. The van der Waals surface area contributed by atoms with Gasteiger partial charge in [0.1, 0.15) is 33.5 Å².